The van der Waals surface area contributed by atoms with Gasteiger partial charge in [0.15, 0.2) is 0 Å². The zero-order valence-electron chi connectivity index (χ0n) is 15.4. The average Bonchev–Trinajstić information content (AvgIpc) is 3.19. The molecule has 0 aliphatic rings. The fourth-order valence-corrected chi connectivity index (χ4v) is 2.47. The quantitative estimate of drug-likeness (QED) is 0.615. The van der Waals surface area contributed by atoms with Gasteiger partial charge in [0.05, 0.1) is 18.0 Å². The molecule has 2 aromatic heterocycles. The molecule has 0 aliphatic heterocycles. The molecule has 1 N–H and O–H groups in total. The molecule has 8 nitrogen and oxygen atoms in total. The second-order valence-electron chi connectivity index (χ2n) is 6.28. The highest BCUT2D eigenvalue weighted by Crippen LogP contribution is 2.19. The molecule has 0 bridgehead atoms. The van der Waals surface area contributed by atoms with Crippen molar-refractivity contribution in [3.05, 3.63) is 54.4 Å². The summed E-state index contributed by atoms with van der Waals surface area (Å²) >= 11 is 0. The van der Waals surface area contributed by atoms with Gasteiger partial charge in [-0.3, -0.25) is 9.48 Å². The van der Waals surface area contributed by atoms with Gasteiger partial charge < -0.3 is 10.1 Å². The van der Waals surface area contributed by atoms with Crippen LogP contribution in [0.1, 0.15) is 30.6 Å². The molecule has 8 heteroatoms. The van der Waals surface area contributed by atoms with E-state index in [1.165, 1.54) is 0 Å². The van der Waals surface area contributed by atoms with Gasteiger partial charge in [0.1, 0.15) is 0 Å². The van der Waals surface area contributed by atoms with E-state index in [2.05, 4.69) is 25.8 Å². The number of carbonyl (C=O) groups excluding carboxylic acids is 1. The van der Waals surface area contributed by atoms with E-state index in [9.17, 15) is 4.79 Å². The minimum Gasteiger partial charge on any atom is -0.474 e. The maximum Gasteiger partial charge on any atom is 0.251 e. The summed E-state index contributed by atoms with van der Waals surface area (Å²) in [6.07, 6.45) is 4.27. The van der Waals surface area contributed by atoms with E-state index in [0.29, 0.717) is 24.5 Å². The number of benzene rings is 1. The molecule has 0 aliphatic carbocycles. The van der Waals surface area contributed by atoms with Crippen LogP contribution in [0.25, 0.3) is 11.3 Å². The summed E-state index contributed by atoms with van der Waals surface area (Å²) in [5.74, 6) is 0.391. The van der Waals surface area contributed by atoms with Gasteiger partial charge in [-0.25, -0.2) is 0 Å². The molecule has 0 radical (unpaired) electrons. The third-order valence-corrected chi connectivity index (χ3v) is 3.76. The maximum atomic E-state index is 12.2. The highest BCUT2D eigenvalue weighted by Gasteiger charge is 2.07. The molecule has 140 valence electrons. The number of nitrogens with one attached hydrogen (secondary N) is 1. The molecular weight excluding hydrogens is 344 g/mol. The number of aryl methyl sites for hydroxylation is 1. The third-order valence-electron chi connectivity index (χ3n) is 3.76. The Labute approximate surface area is 157 Å². The number of ether oxygens (including phenoxy) is 1. The number of hydrogen-bond donors (Lipinski definition) is 1. The topological polar surface area (TPSA) is 94.8 Å². The second-order valence-corrected chi connectivity index (χ2v) is 6.28. The molecule has 0 fully saturated rings. The van der Waals surface area contributed by atoms with Crippen LogP contribution in [0.3, 0.4) is 0 Å². The Kier molecular flexibility index (Phi) is 6.09. The van der Waals surface area contributed by atoms with Crippen molar-refractivity contribution in [2.75, 3.05) is 6.54 Å². The lowest BCUT2D eigenvalue weighted by molar-refractivity contribution is 0.0952. The number of aromatic nitrogens is 5. The van der Waals surface area contributed by atoms with E-state index in [0.717, 1.165) is 17.7 Å². The van der Waals surface area contributed by atoms with Crippen molar-refractivity contribution in [1.29, 1.82) is 0 Å². The summed E-state index contributed by atoms with van der Waals surface area (Å²) in [4.78, 5) is 12.2. The fraction of sp³-hybridized carbons (Fsp3) is 0.316. The third kappa shape index (κ3) is 5.34. The molecule has 0 spiro atoms. The Hall–Kier alpha value is -3.29. The lowest BCUT2D eigenvalue weighted by Crippen LogP contribution is -2.25. The molecule has 0 atom stereocenters. The number of hydrogen-bond acceptors (Lipinski definition) is 6. The largest absolute Gasteiger partial charge is 0.474 e. The van der Waals surface area contributed by atoms with E-state index >= 15 is 0 Å². The van der Waals surface area contributed by atoms with Crippen LogP contribution < -0.4 is 10.1 Å². The Morgan fingerprint density at radius 3 is 2.59 bits per heavy atom. The summed E-state index contributed by atoms with van der Waals surface area (Å²) in [5.41, 5.74) is 2.22. The van der Waals surface area contributed by atoms with E-state index in [1.807, 2.05) is 32.0 Å². The zero-order chi connectivity index (χ0) is 19.1. The molecule has 27 heavy (non-hydrogen) atoms. The van der Waals surface area contributed by atoms with Crippen LogP contribution in [0, 0.1) is 0 Å². The Morgan fingerprint density at radius 1 is 1.15 bits per heavy atom. The van der Waals surface area contributed by atoms with E-state index in [4.69, 9.17) is 4.74 Å². The van der Waals surface area contributed by atoms with Crippen LogP contribution in [0.2, 0.25) is 0 Å². The van der Waals surface area contributed by atoms with E-state index < -0.39 is 0 Å². The van der Waals surface area contributed by atoms with Crippen LogP contribution in [0.15, 0.2) is 48.8 Å². The predicted molar refractivity (Wildman–Crippen MR) is 100 cm³/mol. The summed E-state index contributed by atoms with van der Waals surface area (Å²) < 4.78 is 7.23. The second kappa shape index (κ2) is 8.88. The molecular formula is C19H22N6O2. The van der Waals surface area contributed by atoms with Crippen LogP contribution >= 0.6 is 0 Å². The predicted octanol–water partition coefficient (Wildman–Crippen LogP) is 2.34. The van der Waals surface area contributed by atoms with Gasteiger partial charge >= 0.3 is 0 Å². The lowest BCUT2D eigenvalue weighted by atomic mass is 10.1. The van der Waals surface area contributed by atoms with Crippen molar-refractivity contribution in [2.24, 2.45) is 0 Å². The van der Waals surface area contributed by atoms with E-state index in [-0.39, 0.29) is 12.0 Å². The van der Waals surface area contributed by atoms with Crippen molar-refractivity contribution in [1.82, 2.24) is 30.5 Å². The van der Waals surface area contributed by atoms with Crippen LogP contribution in [0.5, 0.6) is 5.88 Å². The molecule has 2 heterocycles. The lowest BCUT2D eigenvalue weighted by Gasteiger charge is -2.08. The molecule has 0 saturated heterocycles. The Bertz CT molecular complexity index is 845. The highest BCUT2D eigenvalue weighted by atomic mass is 16.5. The molecule has 0 unspecified atom stereocenters. The summed E-state index contributed by atoms with van der Waals surface area (Å²) in [6.45, 7) is 5.17. The van der Waals surface area contributed by atoms with Crippen molar-refractivity contribution >= 4 is 5.91 Å². The van der Waals surface area contributed by atoms with Gasteiger partial charge in [-0.1, -0.05) is 17.3 Å². The van der Waals surface area contributed by atoms with Gasteiger partial charge in [0, 0.05) is 36.5 Å². The van der Waals surface area contributed by atoms with Crippen molar-refractivity contribution < 1.29 is 9.53 Å². The number of rotatable bonds is 8. The first kappa shape index (κ1) is 18.5. The fourth-order valence-electron chi connectivity index (χ4n) is 2.47. The first-order chi connectivity index (χ1) is 13.1. The summed E-state index contributed by atoms with van der Waals surface area (Å²) in [7, 11) is 0. The van der Waals surface area contributed by atoms with Crippen molar-refractivity contribution in [2.45, 2.75) is 32.9 Å². The smallest absolute Gasteiger partial charge is 0.251 e. The van der Waals surface area contributed by atoms with E-state index in [1.54, 1.807) is 35.3 Å². The molecule has 3 rings (SSSR count). The summed E-state index contributed by atoms with van der Waals surface area (Å²) in [5, 5.41) is 18.8. The average molecular weight is 366 g/mol. The van der Waals surface area contributed by atoms with Crippen LogP contribution in [-0.4, -0.2) is 43.7 Å². The number of amides is 1. The Morgan fingerprint density at radius 2 is 1.96 bits per heavy atom. The zero-order valence-corrected chi connectivity index (χ0v) is 15.4. The minimum atomic E-state index is -0.105. The van der Waals surface area contributed by atoms with Gasteiger partial charge in [-0.15, -0.1) is 15.3 Å². The Balaban J connectivity index is 1.52. The molecule has 1 amide bonds. The van der Waals surface area contributed by atoms with Crippen molar-refractivity contribution in [3.63, 3.8) is 0 Å². The standard InChI is InChI=1S/C19H22N6O2/c1-14(2)27-18-9-8-17(22-23-18)15-4-6-16(7-5-15)19(26)20-10-3-12-25-13-11-21-24-25/h4-9,11,13-14H,3,10,12H2,1-2H3,(H,20,26). The molecule has 1 aromatic carbocycles. The summed E-state index contributed by atoms with van der Waals surface area (Å²) in [6, 6.07) is 10.9. The van der Waals surface area contributed by atoms with Gasteiger partial charge in [-0.2, -0.15) is 0 Å². The maximum absolute atomic E-state index is 12.2. The van der Waals surface area contributed by atoms with Crippen LogP contribution in [0.4, 0.5) is 0 Å². The minimum absolute atomic E-state index is 0.0548. The SMILES string of the molecule is CC(C)Oc1ccc(-c2ccc(C(=O)NCCCn3ccnn3)cc2)nn1. The van der Waals surface area contributed by atoms with Gasteiger partial charge in [0.25, 0.3) is 5.91 Å². The molecule has 3 aromatic rings. The van der Waals surface area contributed by atoms with Gasteiger partial charge in [-0.05, 0) is 38.5 Å². The monoisotopic (exact) mass is 366 g/mol. The normalized spacial score (nSPS) is 10.8. The first-order valence-electron chi connectivity index (χ1n) is 8.85. The first-order valence-corrected chi connectivity index (χ1v) is 8.85. The highest BCUT2D eigenvalue weighted by molar-refractivity contribution is 5.94. The van der Waals surface area contributed by atoms with Crippen LogP contribution in [-0.2, 0) is 6.54 Å². The van der Waals surface area contributed by atoms with Gasteiger partial charge in [0.2, 0.25) is 5.88 Å². The molecule has 0 saturated carbocycles. The number of nitrogens with zero attached hydrogens (tertiary/aromatic N) is 5. The number of carbonyl (C=O) groups is 1. The van der Waals surface area contributed by atoms with Crippen molar-refractivity contribution in [3.8, 4) is 17.1 Å².